The molecule has 5 atom stereocenters. The minimum atomic E-state index is -5.06. The van der Waals surface area contributed by atoms with Crippen LogP contribution in [0.25, 0.3) is 0 Å². The number of aliphatic hydroxyl groups is 1. The number of likely N-dealkylation sites (tertiary alicyclic amines) is 2. The molecule has 2 aromatic rings. The van der Waals surface area contributed by atoms with Gasteiger partial charge in [-0.2, -0.15) is 13.2 Å². The van der Waals surface area contributed by atoms with Crippen molar-refractivity contribution in [3.63, 3.8) is 0 Å². The molecule has 0 saturated carbocycles. The Kier molecular flexibility index (Phi) is 10.6. The molecule has 0 aromatic heterocycles. The number of nitrogens with zero attached hydrogens (tertiary/aromatic N) is 2. The van der Waals surface area contributed by atoms with Gasteiger partial charge in [-0.3, -0.25) is 19.3 Å². The second-order valence-electron chi connectivity index (χ2n) is 13.3. The number of amides is 2. The van der Waals surface area contributed by atoms with Gasteiger partial charge in [-0.05, 0) is 76.3 Å². The van der Waals surface area contributed by atoms with Crippen molar-refractivity contribution in [1.82, 2.24) is 9.80 Å². The number of hydrogen-bond donors (Lipinski definition) is 2. The van der Waals surface area contributed by atoms with Gasteiger partial charge in [0, 0.05) is 30.8 Å². The Bertz CT molecular complexity index is 1430. The number of ether oxygens (including phenoxy) is 3. The predicted molar refractivity (Wildman–Crippen MR) is 165 cm³/mol. The lowest BCUT2D eigenvalue weighted by molar-refractivity contribution is -0.253. The second kappa shape index (κ2) is 14.3. The van der Waals surface area contributed by atoms with Gasteiger partial charge in [0.1, 0.15) is 17.7 Å². The minimum Gasteiger partial charge on any atom is -0.459 e. The number of carbonyl (C=O) groups is 3. The van der Waals surface area contributed by atoms with E-state index in [0.29, 0.717) is 42.1 Å². The number of esters is 1. The molecule has 3 saturated heterocycles. The molecule has 0 spiro atoms. The van der Waals surface area contributed by atoms with Crippen LogP contribution in [0.2, 0.25) is 0 Å². The number of carbonyl (C=O) groups excluding carboxylic acids is 3. The molecule has 3 fully saturated rings. The Labute approximate surface area is 272 Å². The van der Waals surface area contributed by atoms with Gasteiger partial charge in [0.05, 0.1) is 18.8 Å². The van der Waals surface area contributed by atoms with E-state index in [1.54, 1.807) is 24.3 Å². The monoisotopic (exact) mass is 661 g/mol. The number of alkyl halides is 3. The smallest absolute Gasteiger partial charge is 0.459 e. The standard InChI is InChI=1S/C34H42F3N3O7/c1-33(2,3)47-30(43)27-10-5-15-39(27)19-25-18-28(22-13-11-21(20-41)12-14-22)46-31(45-25)23-7-4-8-24(17-23)38-29(42)26-9-6-16-40(26)32(44)34(35,36)37/h4,7-8,11-14,17,25-28,31,41H,5-6,9-10,15-16,18-20H2,1-3H3,(H,38,42)/t25-,26+,27+,28+,31+/m1/s1. The fourth-order valence-electron chi connectivity index (χ4n) is 6.41. The lowest BCUT2D eigenvalue weighted by Gasteiger charge is -2.38. The normalized spacial score (nSPS) is 25.5. The number of nitrogens with one attached hydrogen (secondary N) is 1. The summed E-state index contributed by atoms with van der Waals surface area (Å²) in [6.07, 6.45) is -4.24. The molecule has 13 heteroatoms. The van der Waals surface area contributed by atoms with E-state index >= 15 is 0 Å². The first-order valence-corrected chi connectivity index (χ1v) is 16.0. The molecule has 47 heavy (non-hydrogen) atoms. The minimum absolute atomic E-state index is 0.0946. The number of anilines is 1. The third-order valence-corrected chi connectivity index (χ3v) is 8.58. The summed E-state index contributed by atoms with van der Waals surface area (Å²) >= 11 is 0. The van der Waals surface area contributed by atoms with E-state index in [9.17, 15) is 32.7 Å². The van der Waals surface area contributed by atoms with E-state index in [1.165, 1.54) is 0 Å². The number of aliphatic hydroxyl groups excluding tert-OH is 1. The third-order valence-electron chi connectivity index (χ3n) is 8.58. The van der Waals surface area contributed by atoms with Gasteiger partial charge in [0.25, 0.3) is 0 Å². The number of hydrogen-bond acceptors (Lipinski definition) is 8. The Morgan fingerprint density at radius 3 is 2.34 bits per heavy atom. The first-order chi connectivity index (χ1) is 22.2. The average Bonchev–Trinajstić information content (AvgIpc) is 3.70. The summed E-state index contributed by atoms with van der Waals surface area (Å²) in [4.78, 5) is 40.6. The van der Waals surface area contributed by atoms with E-state index in [0.717, 1.165) is 17.5 Å². The zero-order chi connectivity index (χ0) is 33.9. The van der Waals surface area contributed by atoms with Crippen LogP contribution in [0.1, 0.15) is 82.0 Å². The Morgan fingerprint density at radius 2 is 1.66 bits per heavy atom. The van der Waals surface area contributed by atoms with Crippen molar-refractivity contribution >= 4 is 23.5 Å². The summed E-state index contributed by atoms with van der Waals surface area (Å²) < 4.78 is 57.9. The van der Waals surface area contributed by atoms with Gasteiger partial charge < -0.3 is 29.5 Å². The highest BCUT2D eigenvalue weighted by atomic mass is 19.4. The van der Waals surface area contributed by atoms with Crippen molar-refractivity contribution in [3.05, 3.63) is 65.2 Å². The SMILES string of the molecule is CC(C)(C)OC(=O)[C@@H]1CCCN1C[C@H]1C[C@@H](c2ccc(CO)cc2)O[C@@H](c2cccc(NC(=O)[C@@H]3CCCN3C(=O)C(F)(F)F)c2)O1. The zero-order valence-electron chi connectivity index (χ0n) is 26.8. The topological polar surface area (TPSA) is 118 Å². The summed E-state index contributed by atoms with van der Waals surface area (Å²) in [5.41, 5.74) is 1.92. The van der Waals surface area contributed by atoms with Crippen molar-refractivity contribution in [2.24, 2.45) is 0 Å². The number of halogens is 3. The van der Waals surface area contributed by atoms with Crippen LogP contribution in [0, 0.1) is 0 Å². The molecular weight excluding hydrogens is 619 g/mol. The molecule has 2 aromatic carbocycles. The highest BCUT2D eigenvalue weighted by Gasteiger charge is 2.48. The summed E-state index contributed by atoms with van der Waals surface area (Å²) in [6, 6.07) is 12.5. The summed E-state index contributed by atoms with van der Waals surface area (Å²) in [5.74, 6) is -3.00. The van der Waals surface area contributed by atoms with E-state index in [-0.39, 0.29) is 44.1 Å². The van der Waals surface area contributed by atoms with E-state index in [4.69, 9.17) is 14.2 Å². The van der Waals surface area contributed by atoms with Gasteiger partial charge >= 0.3 is 18.1 Å². The van der Waals surface area contributed by atoms with Crippen molar-refractivity contribution in [1.29, 1.82) is 0 Å². The first-order valence-electron chi connectivity index (χ1n) is 16.0. The Balaban J connectivity index is 1.34. The maximum atomic E-state index is 13.1. The molecule has 2 amide bonds. The molecule has 5 rings (SSSR count). The van der Waals surface area contributed by atoms with Crippen LogP contribution in [-0.2, 0) is 35.2 Å². The summed E-state index contributed by atoms with van der Waals surface area (Å²) in [7, 11) is 0. The van der Waals surface area contributed by atoms with Crippen LogP contribution in [0.15, 0.2) is 48.5 Å². The van der Waals surface area contributed by atoms with Crippen LogP contribution in [-0.4, -0.2) is 82.3 Å². The fourth-order valence-corrected chi connectivity index (χ4v) is 6.41. The fraction of sp³-hybridized carbons (Fsp3) is 0.559. The molecule has 0 bridgehead atoms. The van der Waals surface area contributed by atoms with Crippen LogP contribution < -0.4 is 5.32 Å². The maximum absolute atomic E-state index is 13.1. The zero-order valence-corrected chi connectivity index (χ0v) is 26.8. The van der Waals surface area contributed by atoms with Gasteiger partial charge in [0.2, 0.25) is 5.91 Å². The Hall–Kier alpha value is -3.52. The largest absolute Gasteiger partial charge is 0.471 e. The number of rotatable bonds is 8. The average molecular weight is 662 g/mol. The lowest BCUT2D eigenvalue weighted by Crippen LogP contribution is -2.48. The highest BCUT2D eigenvalue weighted by molar-refractivity contribution is 5.98. The summed E-state index contributed by atoms with van der Waals surface area (Å²) in [6.45, 7) is 6.44. The Morgan fingerprint density at radius 1 is 0.957 bits per heavy atom. The maximum Gasteiger partial charge on any atom is 0.471 e. The lowest BCUT2D eigenvalue weighted by atomic mass is 9.99. The molecule has 3 aliphatic heterocycles. The predicted octanol–water partition coefficient (Wildman–Crippen LogP) is 5.02. The molecule has 0 aliphatic carbocycles. The van der Waals surface area contributed by atoms with Crippen molar-refractivity contribution in [2.75, 3.05) is 25.0 Å². The molecular formula is C34H42F3N3O7. The highest BCUT2D eigenvalue weighted by Crippen LogP contribution is 2.39. The van der Waals surface area contributed by atoms with Crippen molar-refractivity contribution in [3.8, 4) is 0 Å². The van der Waals surface area contributed by atoms with Crippen LogP contribution >= 0.6 is 0 Å². The molecule has 2 N–H and O–H groups in total. The van der Waals surface area contributed by atoms with Crippen LogP contribution in [0.4, 0.5) is 18.9 Å². The van der Waals surface area contributed by atoms with E-state index in [1.807, 2.05) is 45.0 Å². The van der Waals surface area contributed by atoms with Gasteiger partial charge in [-0.15, -0.1) is 0 Å². The molecule has 0 unspecified atom stereocenters. The van der Waals surface area contributed by atoms with Gasteiger partial charge in [-0.1, -0.05) is 36.4 Å². The van der Waals surface area contributed by atoms with E-state index in [2.05, 4.69) is 10.2 Å². The van der Waals surface area contributed by atoms with E-state index < -0.39 is 42.0 Å². The second-order valence-corrected chi connectivity index (χ2v) is 13.3. The molecule has 10 nitrogen and oxygen atoms in total. The number of benzene rings is 2. The molecule has 0 radical (unpaired) electrons. The van der Waals surface area contributed by atoms with Crippen LogP contribution in [0.3, 0.4) is 0 Å². The molecule has 3 heterocycles. The van der Waals surface area contributed by atoms with Crippen molar-refractivity contribution in [2.45, 2.75) is 102 Å². The molecule has 3 aliphatic rings. The quantitative estimate of drug-likeness (QED) is 0.379. The van der Waals surface area contributed by atoms with Gasteiger partial charge in [0.15, 0.2) is 6.29 Å². The summed E-state index contributed by atoms with van der Waals surface area (Å²) in [5, 5.41) is 12.2. The van der Waals surface area contributed by atoms with Gasteiger partial charge in [-0.25, -0.2) is 0 Å². The first kappa shape index (κ1) is 34.8. The van der Waals surface area contributed by atoms with Crippen LogP contribution in [0.5, 0.6) is 0 Å². The van der Waals surface area contributed by atoms with Crippen molar-refractivity contribution < 1.29 is 46.9 Å². The third kappa shape index (κ3) is 8.69. The molecule has 256 valence electrons.